The Bertz CT molecular complexity index is 924. The highest BCUT2D eigenvalue weighted by molar-refractivity contribution is 8.14. The van der Waals surface area contributed by atoms with Crippen LogP contribution < -0.4 is 9.64 Å². The van der Waals surface area contributed by atoms with E-state index in [9.17, 15) is 4.39 Å². The summed E-state index contributed by atoms with van der Waals surface area (Å²) in [6, 6.07) is 11.8. The maximum absolute atomic E-state index is 14.8. The number of halogens is 1. The van der Waals surface area contributed by atoms with Gasteiger partial charge in [0.05, 0.1) is 23.9 Å². The predicted octanol–water partition coefficient (Wildman–Crippen LogP) is 4.94. The molecule has 0 amide bonds. The monoisotopic (exact) mass is 354 g/mol. The Balaban J connectivity index is 1.70. The minimum Gasteiger partial charge on any atom is -0.493 e. The van der Waals surface area contributed by atoms with Crippen LogP contribution in [0, 0.1) is 18.7 Å². The number of benzene rings is 2. The van der Waals surface area contributed by atoms with Crippen molar-refractivity contribution in [1.82, 2.24) is 0 Å². The molecule has 2 aromatic carbocycles. The van der Waals surface area contributed by atoms with E-state index >= 15 is 0 Å². The molecule has 128 valence electrons. The van der Waals surface area contributed by atoms with Gasteiger partial charge in [-0.2, -0.15) is 0 Å². The summed E-state index contributed by atoms with van der Waals surface area (Å²) in [5.74, 6) is 0.912. The molecule has 0 bridgehead atoms. The van der Waals surface area contributed by atoms with Gasteiger partial charge in [0.15, 0.2) is 5.17 Å². The molecule has 0 saturated carbocycles. The lowest BCUT2D eigenvalue weighted by Crippen LogP contribution is -2.58. The molecule has 25 heavy (non-hydrogen) atoms. The molecule has 0 aliphatic carbocycles. The molecular weight excluding hydrogens is 335 g/mol. The summed E-state index contributed by atoms with van der Waals surface area (Å²) in [6.45, 7) is 6.87. The minimum absolute atomic E-state index is 0.0529. The summed E-state index contributed by atoms with van der Waals surface area (Å²) in [6.07, 6.45) is 0. The summed E-state index contributed by atoms with van der Waals surface area (Å²) in [7, 11) is 0. The molecule has 5 rings (SSSR count). The highest BCUT2D eigenvalue weighted by atomic mass is 32.2. The van der Waals surface area contributed by atoms with Crippen molar-refractivity contribution in [3.8, 4) is 5.75 Å². The van der Waals surface area contributed by atoms with Crippen LogP contribution in [0.15, 0.2) is 46.3 Å². The van der Waals surface area contributed by atoms with Gasteiger partial charge in [0.2, 0.25) is 0 Å². The average Bonchev–Trinajstić information content (AvgIpc) is 2.94. The van der Waals surface area contributed by atoms with Gasteiger partial charge in [-0.3, -0.25) is 4.99 Å². The molecule has 3 aliphatic rings. The van der Waals surface area contributed by atoms with E-state index in [-0.39, 0.29) is 23.3 Å². The zero-order valence-corrected chi connectivity index (χ0v) is 15.2. The number of amidine groups is 1. The van der Waals surface area contributed by atoms with E-state index in [0.29, 0.717) is 12.3 Å². The lowest BCUT2D eigenvalue weighted by atomic mass is 9.76. The number of aryl methyl sites for hydroxylation is 1. The second kappa shape index (κ2) is 5.01. The van der Waals surface area contributed by atoms with Crippen molar-refractivity contribution in [2.45, 2.75) is 37.2 Å². The van der Waals surface area contributed by atoms with Crippen LogP contribution in [0.1, 0.15) is 31.0 Å². The lowest BCUT2D eigenvalue weighted by Gasteiger charge is -2.50. The van der Waals surface area contributed by atoms with E-state index in [0.717, 1.165) is 26.9 Å². The summed E-state index contributed by atoms with van der Waals surface area (Å²) in [5, 5.41) is 0.891. The van der Waals surface area contributed by atoms with Gasteiger partial charge >= 0.3 is 0 Å². The molecule has 0 spiro atoms. The fourth-order valence-electron chi connectivity index (χ4n) is 4.23. The summed E-state index contributed by atoms with van der Waals surface area (Å²) in [5.41, 5.74) is 2.45. The summed E-state index contributed by atoms with van der Waals surface area (Å²) < 4.78 is 20.8. The molecule has 0 fully saturated rings. The maximum Gasteiger partial charge on any atom is 0.169 e. The molecule has 0 aromatic heterocycles. The first-order chi connectivity index (χ1) is 12.0. The Morgan fingerprint density at radius 3 is 2.92 bits per heavy atom. The van der Waals surface area contributed by atoms with Crippen LogP contribution in [0.4, 0.5) is 10.1 Å². The maximum atomic E-state index is 14.8. The molecule has 2 aromatic rings. The fraction of sp³-hybridized carbons (Fsp3) is 0.350. The quantitative estimate of drug-likeness (QED) is 0.669. The molecule has 5 heteroatoms. The van der Waals surface area contributed by atoms with E-state index in [2.05, 4.69) is 24.8 Å². The van der Waals surface area contributed by atoms with Gasteiger partial charge in [-0.15, -0.1) is 0 Å². The third-order valence-corrected chi connectivity index (χ3v) is 6.56. The van der Waals surface area contributed by atoms with Crippen molar-refractivity contribution >= 4 is 22.6 Å². The number of fused-ring (bicyclic) bond motifs is 6. The van der Waals surface area contributed by atoms with Crippen molar-refractivity contribution < 1.29 is 9.13 Å². The van der Waals surface area contributed by atoms with Gasteiger partial charge in [-0.05, 0) is 56.3 Å². The highest BCUT2D eigenvalue weighted by Gasteiger charge is 2.52. The SMILES string of the molecule is Cc1cc(F)c2c(c1)SC1=N[C@H]3c4ccccc4OC[C@@H]3C(C)(C)N12. The standard InChI is InChI=1S/C20H19FN2OS/c1-11-8-14(21)18-16(9-11)25-19-22-17-12-6-4-5-7-15(12)24-10-13(17)20(2,3)23(18)19/h4-9,13,17H,10H2,1-3H3/t13-,17-/m0/s1. The molecule has 0 N–H and O–H groups in total. The topological polar surface area (TPSA) is 24.8 Å². The minimum atomic E-state index is -0.288. The van der Waals surface area contributed by atoms with Crippen molar-refractivity contribution in [2.24, 2.45) is 10.9 Å². The molecular formula is C20H19FN2OS. The zero-order valence-electron chi connectivity index (χ0n) is 14.4. The number of nitrogens with zero attached hydrogens (tertiary/aromatic N) is 2. The number of hydrogen-bond acceptors (Lipinski definition) is 4. The Kier molecular flexibility index (Phi) is 3.06. The van der Waals surface area contributed by atoms with Crippen molar-refractivity contribution in [3.05, 3.63) is 53.3 Å². The second-order valence-corrected chi connectivity index (χ2v) is 8.51. The number of ether oxygens (including phenoxy) is 1. The largest absolute Gasteiger partial charge is 0.493 e. The van der Waals surface area contributed by atoms with Crippen LogP contribution in [0.2, 0.25) is 0 Å². The second-order valence-electron chi connectivity index (χ2n) is 7.50. The van der Waals surface area contributed by atoms with Crippen LogP contribution in [-0.4, -0.2) is 17.3 Å². The van der Waals surface area contributed by atoms with E-state index in [1.165, 1.54) is 0 Å². The third kappa shape index (κ3) is 2.02. The number of aliphatic imine (C=N–C) groups is 1. The van der Waals surface area contributed by atoms with Crippen molar-refractivity contribution in [2.75, 3.05) is 11.5 Å². The molecule has 0 saturated heterocycles. The van der Waals surface area contributed by atoms with Crippen LogP contribution in [0.25, 0.3) is 0 Å². The van der Waals surface area contributed by atoms with Crippen molar-refractivity contribution in [3.63, 3.8) is 0 Å². The van der Waals surface area contributed by atoms with Gasteiger partial charge in [0.1, 0.15) is 11.6 Å². The Labute approximate surface area is 150 Å². The fourth-order valence-corrected chi connectivity index (χ4v) is 5.55. The van der Waals surface area contributed by atoms with E-state index < -0.39 is 0 Å². The number of anilines is 1. The van der Waals surface area contributed by atoms with E-state index in [4.69, 9.17) is 9.73 Å². The number of para-hydroxylation sites is 1. The van der Waals surface area contributed by atoms with Gasteiger partial charge in [-0.25, -0.2) is 4.39 Å². The van der Waals surface area contributed by atoms with Gasteiger partial charge in [0, 0.05) is 16.4 Å². The summed E-state index contributed by atoms with van der Waals surface area (Å²) >= 11 is 1.58. The molecule has 3 nitrogen and oxygen atoms in total. The van der Waals surface area contributed by atoms with Crippen LogP contribution in [0.3, 0.4) is 0 Å². The number of rotatable bonds is 0. The normalized spacial score (nSPS) is 25.3. The average molecular weight is 354 g/mol. The molecule has 0 radical (unpaired) electrons. The number of thioether (sulfide) groups is 1. The molecule has 0 unspecified atom stereocenters. The summed E-state index contributed by atoms with van der Waals surface area (Å²) in [4.78, 5) is 8.09. The predicted molar refractivity (Wildman–Crippen MR) is 99.2 cm³/mol. The van der Waals surface area contributed by atoms with Gasteiger partial charge < -0.3 is 9.64 Å². The smallest absolute Gasteiger partial charge is 0.169 e. The van der Waals surface area contributed by atoms with Crippen LogP contribution in [-0.2, 0) is 0 Å². The first-order valence-electron chi connectivity index (χ1n) is 8.54. The molecule has 2 atom stereocenters. The lowest BCUT2D eigenvalue weighted by molar-refractivity contribution is 0.133. The van der Waals surface area contributed by atoms with Gasteiger partial charge in [-0.1, -0.05) is 18.2 Å². The highest BCUT2D eigenvalue weighted by Crippen LogP contribution is 2.55. The van der Waals surface area contributed by atoms with Crippen molar-refractivity contribution in [1.29, 1.82) is 0 Å². The Morgan fingerprint density at radius 2 is 2.08 bits per heavy atom. The molecule has 3 heterocycles. The van der Waals surface area contributed by atoms with Crippen LogP contribution >= 0.6 is 11.8 Å². The Morgan fingerprint density at radius 1 is 1.28 bits per heavy atom. The van der Waals surface area contributed by atoms with E-state index in [1.807, 2.05) is 31.2 Å². The van der Waals surface area contributed by atoms with E-state index in [1.54, 1.807) is 17.8 Å². The third-order valence-electron chi connectivity index (χ3n) is 5.56. The first-order valence-corrected chi connectivity index (χ1v) is 9.36. The zero-order chi connectivity index (χ0) is 17.3. The Hall–Kier alpha value is -2.01. The molecule has 3 aliphatic heterocycles. The van der Waals surface area contributed by atoms with Gasteiger partial charge in [0.25, 0.3) is 0 Å². The number of hydrogen-bond donors (Lipinski definition) is 0. The van der Waals surface area contributed by atoms with Crippen LogP contribution in [0.5, 0.6) is 5.75 Å². The first kappa shape index (κ1) is 15.3.